The zero-order valence-corrected chi connectivity index (χ0v) is 21.2. The molecule has 0 aliphatic carbocycles. The lowest BCUT2D eigenvalue weighted by molar-refractivity contribution is -0.436. The summed E-state index contributed by atoms with van der Waals surface area (Å²) in [7, 11) is 0. The lowest BCUT2D eigenvalue weighted by Gasteiger charge is -2.04. The average Bonchev–Trinajstić information content (AvgIpc) is 3.20. The molecule has 0 aliphatic rings. The number of nitrogens with zero attached hydrogens (tertiary/aromatic N) is 1. The van der Waals surface area contributed by atoms with Crippen molar-refractivity contribution in [3.8, 4) is 44.7 Å². The topological polar surface area (TPSA) is 349 Å². The summed E-state index contributed by atoms with van der Waals surface area (Å²) in [6.45, 7) is 0. The van der Waals surface area contributed by atoms with Crippen LogP contribution in [-0.2, 0) is 6.42 Å². The molecule has 0 saturated heterocycles. The van der Waals surface area contributed by atoms with Crippen molar-refractivity contribution in [1.29, 1.82) is 0 Å². The Morgan fingerprint density at radius 3 is 1.68 bits per heavy atom. The van der Waals surface area contributed by atoms with Crippen molar-refractivity contribution in [2.75, 3.05) is 0 Å². The summed E-state index contributed by atoms with van der Waals surface area (Å²) < 4.78 is 0. The van der Waals surface area contributed by atoms with Gasteiger partial charge in [-0.25, -0.2) is 4.98 Å². The molecule has 0 spiro atoms. The Kier molecular flexibility index (Phi) is 16.8. The summed E-state index contributed by atoms with van der Waals surface area (Å²) >= 11 is 1.36. The maximum absolute atomic E-state index is 12.7. The van der Waals surface area contributed by atoms with Gasteiger partial charge in [-0.3, -0.25) is 4.79 Å². The number of aromatic hydroxyl groups is 4. The van der Waals surface area contributed by atoms with Crippen LogP contribution in [0, 0.1) is 0 Å². The number of aliphatic hydroxyl groups is 4. The van der Waals surface area contributed by atoms with Gasteiger partial charge in [-0.15, -0.1) is 11.3 Å². The van der Waals surface area contributed by atoms with Crippen molar-refractivity contribution in [1.82, 2.24) is 4.98 Å². The Morgan fingerprint density at radius 2 is 1.18 bits per heavy atom. The van der Waals surface area contributed by atoms with Gasteiger partial charge in [0.05, 0.1) is 17.0 Å². The number of aromatic nitrogens is 1. The molecular weight excluding hydrogens is 558 g/mol. The van der Waals surface area contributed by atoms with Crippen LogP contribution in [0.3, 0.4) is 0 Å². The predicted octanol–water partition coefficient (Wildman–Crippen LogP) is -1.83. The van der Waals surface area contributed by atoms with E-state index in [1.54, 1.807) is 6.07 Å². The quantitative estimate of drug-likeness (QED) is 0.0730. The summed E-state index contributed by atoms with van der Waals surface area (Å²) in [5.74, 6) is -1.37. The molecule has 18 N–H and O–H groups in total. The first kappa shape index (κ1) is 40.3. The van der Waals surface area contributed by atoms with E-state index in [-0.39, 0.29) is 68.1 Å². The molecule has 0 amide bonds. The van der Waals surface area contributed by atoms with E-state index in [0.29, 0.717) is 16.3 Å². The van der Waals surface area contributed by atoms with Crippen LogP contribution in [0.1, 0.15) is 15.4 Å². The molecule has 0 fully saturated rings. The van der Waals surface area contributed by atoms with Crippen molar-refractivity contribution >= 4 is 17.1 Å². The van der Waals surface area contributed by atoms with Gasteiger partial charge in [-0.2, -0.15) is 0 Å². The van der Waals surface area contributed by atoms with Gasteiger partial charge in [0.2, 0.25) is 0 Å². The van der Waals surface area contributed by atoms with Crippen LogP contribution >= 0.6 is 11.3 Å². The molecule has 1 aromatic heterocycles. The third-order valence-corrected chi connectivity index (χ3v) is 5.67. The molecule has 3 aromatic carbocycles. The standard InChI is InChI=1S/C23H17NO5S.CH4O4.5H2O/c25-16-8-6-14(10-19(16)28)18(27)12-21-24-22(15-7-9-17(26)20(29)11-15)23(30-21)13-4-2-1-3-5-13;2-1(3,4)5;;;;;/h1-11,25-26,28-29H,12H2;2-5H;5*1H2. The zero-order valence-electron chi connectivity index (χ0n) is 20.4. The van der Waals surface area contributed by atoms with Gasteiger partial charge in [0.25, 0.3) is 0 Å². The summed E-state index contributed by atoms with van der Waals surface area (Å²) in [4.78, 5) is 18.1. The van der Waals surface area contributed by atoms with Crippen LogP contribution in [0.25, 0.3) is 21.7 Å². The van der Waals surface area contributed by atoms with Gasteiger partial charge in [0.15, 0.2) is 28.8 Å². The first-order valence-corrected chi connectivity index (χ1v) is 10.8. The fourth-order valence-electron chi connectivity index (χ4n) is 3.03. The van der Waals surface area contributed by atoms with Crippen LogP contribution in [-0.4, -0.2) is 85.2 Å². The SMILES string of the molecule is O.O.O.O.O.O=C(Cc1nc(-c2ccc(O)c(O)c2)c(-c2ccccc2)s1)c1ccc(O)c(O)c1.OC(O)(O)O. The number of carbonyl (C=O) groups is 1. The van der Waals surface area contributed by atoms with Crippen LogP contribution < -0.4 is 0 Å². The highest BCUT2D eigenvalue weighted by molar-refractivity contribution is 7.15. The normalized spacial score (nSPS) is 9.60. The Morgan fingerprint density at radius 1 is 0.675 bits per heavy atom. The second kappa shape index (κ2) is 16.7. The minimum atomic E-state index is -3.50. The smallest absolute Gasteiger partial charge is 0.402 e. The van der Waals surface area contributed by atoms with Crippen LogP contribution in [0.4, 0.5) is 0 Å². The third kappa shape index (κ3) is 10.9. The van der Waals surface area contributed by atoms with Crippen molar-refractivity contribution in [3.63, 3.8) is 0 Å². The highest BCUT2D eigenvalue weighted by Crippen LogP contribution is 2.39. The molecule has 0 bridgehead atoms. The third-order valence-electron chi connectivity index (χ3n) is 4.57. The fraction of sp³-hybridized carbons (Fsp3) is 0.0833. The van der Waals surface area contributed by atoms with Gasteiger partial charge < -0.3 is 68.2 Å². The van der Waals surface area contributed by atoms with Crippen molar-refractivity contribution < 1.29 is 73.0 Å². The second-order valence-electron chi connectivity index (χ2n) is 7.26. The highest BCUT2D eigenvalue weighted by atomic mass is 32.1. The number of rotatable bonds is 5. The molecule has 15 nitrogen and oxygen atoms in total. The van der Waals surface area contributed by atoms with Gasteiger partial charge in [0, 0.05) is 11.1 Å². The number of phenols is 4. The van der Waals surface area contributed by atoms with Gasteiger partial charge in [-0.05, 0) is 42.0 Å². The maximum Gasteiger partial charge on any atom is 0.402 e. The number of carbonyl (C=O) groups excluding carboxylic acids is 1. The summed E-state index contributed by atoms with van der Waals surface area (Å²) in [5.41, 5.74) is 2.39. The van der Waals surface area contributed by atoms with E-state index in [4.69, 9.17) is 20.4 Å². The van der Waals surface area contributed by atoms with E-state index in [0.717, 1.165) is 10.4 Å². The molecule has 1 heterocycles. The first-order chi connectivity index (χ1) is 16.4. The molecule has 0 unspecified atom stereocenters. The Bertz CT molecular complexity index is 1330. The lowest BCUT2D eigenvalue weighted by Crippen LogP contribution is -2.25. The van der Waals surface area contributed by atoms with Gasteiger partial charge in [-0.1, -0.05) is 30.3 Å². The molecule has 222 valence electrons. The first-order valence-electron chi connectivity index (χ1n) is 9.94. The van der Waals surface area contributed by atoms with E-state index in [9.17, 15) is 25.2 Å². The van der Waals surface area contributed by atoms with E-state index in [2.05, 4.69) is 4.98 Å². The van der Waals surface area contributed by atoms with E-state index < -0.39 is 6.16 Å². The molecule has 4 rings (SSSR count). The number of phenolic OH excluding ortho intramolecular Hbond substituents is 4. The fourth-order valence-corrected chi connectivity index (χ4v) is 4.12. The molecule has 0 atom stereocenters. The number of Topliss-reactive ketones (excluding diaryl/α,β-unsaturated/α-hetero) is 1. The maximum atomic E-state index is 12.7. The van der Waals surface area contributed by atoms with Crippen molar-refractivity contribution in [2.24, 2.45) is 0 Å². The molecule has 16 heteroatoms. The Hall–Kier alpha value is -4.20. The monoisotopic (exact) mass is 589 g/mol. The van der Waals surface area contributed by atoms with Crippen LogP contribution in [0.5, 0.6) is 23.0 Å². The molecule has 0 aliphatic heterocycles. The Labute approximate surface area is 229 Å². The molecule has 0 saturated carbocycles. The number of thiazole rings is 1. The summed E-state index contributed by atoms with van der Waals surface area (Å²) in [5, 5.41) is 67.9. The molecule has 40 heavy (non-hydrogen) atoms. The number of ketones is 1. The number of benzene rings is 3. The van der Waals surface area contributed by atoms with E-state index in [1.165, 1.54) is 41.7 Å². The second-order valence-corrected chi connectivity index (χ2v) is 8.34. The molecule has 0 radical (unpaired) electrons. The van der Waals surface area contributed by atoms with Crippen molar-refractivity contribution in [2.45, 2.75) is 12.6 Å². The average molecular weight is 590 g/mol. The van der Waals surface area contributed by atoms with Crippen LogP contribution in [0.15, 0.2) is 66.7 Å². The molecule has 4 aromatic rings. The van der Waals surface area contributed by atoms with Crippen molar-refractivity contribution in [3.05, 3.63) is 77.3 Å². The Balaban J connectivity index is -0.00000126. The van der Waals surface area contributed by atoms with Gasteiger partial charge >= 0.3 is 6.16 Å². The van der Waals surface area contributed by atoms with Gasteiger partial charge in [0.1, 0.15) is 5.01 Å². The van der Waals surface area contributed by atoms with Crippen LogP contribution in [0.2, 0.25) is 0 Å². The zero-order chi connectivity index (χ0) is 25.8. The minimum absolute atomic E-state index is 0. The van der Waals surface area contributed by atoms with E-state index >= 15 is 0 Å². The van der Waals surface area contributed by atoms with E-state index in [1.807, 2.05) is 30.3 Å². The highest BCUT2D eigenvalue weighted by Gasteiger charge is 2.19. The number of hydrogen-bond acceptors (Lipinski definition) is 11. The molecular formula is C24H31NO14S. The summed E-state index contributed by atoms with van der Waals surface area (Å²) in [6, 6.07) is 18.0. The largest absolute Gasteiger partial charge is 0.504 e. The summed E-state index contributed by atoms with van der Waals surface area (Å²) in [6.07, 6.45) is -3.49. The lowest BCUT2D eigenvalue weighted by atomic mass is 10.1. The predicted molar refractivity (Wildman–Crippen MR) is 144 cm³/mol. The number of hydrogen-bond donors (Lipinski definition) is 8. The minimum Gasteiger partial charge on any atom is -0.504 e.